The smallest absolute Gasteiger partial charge is 0.247 e. The molecule has 9 heteroatoms. The van der Waals surface area contributed by atoms with Crippen molar-refractivity contribution in [2.45, 2.75) is 19.9 Å². The number of carbonyl (C=O) groups excluding carboxylic acids is 1. The monoisotopic (exact) mass is 345 g/mol. The van der Waals surface area contributed by atoms with Crippen LogP contribution in [-0.2, 0) is 4.79 Å². The molecule has 0 bridgehead atoms. The molecule has 2 aromatic heterocycles. The number of methoxy groups -OCH3 is 1. The fraction of sp³-hybridized carbons (Fsp3) is 0.562. The molecule has 134 valence electrons. The van der Waals surface area contributed by atoms with E-state index in [1.165, 1.54) is 6.33 Å². The van der Waals surface area contributed by atoms with Gasteiger partial charge in [0.1, 0.15) is 18.7 Å². The summed E-state index contributed by atoms with van der Waals surface area (Å²) >= 11 is 0. The van der Waals surface area contributed by atoms with Gasteiger partial charge >= 0.3 is 0 Å². The second-order valence-corrected chi connectivity index (χ2v) is 6.28. The third kappa shape index (κ3) is 3.70. The van der Waals surface area contributed by atoms with Gasteiger partial charge in [-0.05, 0) is 5.92 Å². The third-order valence-electron chi connectivity index (χ3n) is 4.31. The minimum Gasteiger partial charge on any atom is -0.481 e. The summed E-state index contributed by atoms with van der Waals surface area (Å²) in [6.07, 6.45) is 4.74. The van der Waals surface area contributed by atoms with Crippen molar-refractivity contribution in [3.05, 3.63) is 24.9 Å². The van der Waals surface area contributed by atoms with Crippen molar-refractivity contribution in [3.8, 4) is 5.88 Å². The van der Waals surface area contributed by atoms with Gasteiger partial charge in [0, 0.05) is 38.4 Å². The molecule has 0 saturated carbocycles. The van der Waals surface area contributed by atoms with Crippen molar-refractivity contribution in [2.24, 2.45) is 5.92 Å². The molecule has 25 heavy (non-hydrogen) atoms. The quantitative estimate of drug-likeness (QED) is 0.785. The molecule has 2 aromatic rings. The molecule has 1 fully saturated rings. The van der Waals surface area contributed by atoms with E-state index >= 15 is 0 Å². The summed E-state index contributed by atoms with van der Waals surface area (Å²) in [5.41, 5.74) is 0. The lowest BCUT2D eigenvalue weighted by Crippen LogP contribution is -2.51. The first-order chi connectivity index (χ1) is 12.1. The van der Waals surface area contributed by atoms with Gasteiger partial charge in [-0.2, -0.15) is 10.1 Å². The standard InChI is InChI=1S/C16H23N7O2/c1-12(2)14(23-11-17-10-19-23)15(24)21-6-8-22(9-7-21)16-18-5-4-13(20-16)25-3/h4-5,10-12,14H,6-9H2,1-3H3. The van der Waals surface area contributed by atoms with E-state index in [1.54, 1.807) is 30.4 Å². The first kappa shape index (κ1) is 17.1. The van der Waals surface area contributed by atoms with Crippen LogP contribution in [0.2, 0.25) is 0 Å². The number of anilines is 1. The van der Waals surface area contributed by atoms with E-state index in [4.69, 9.17) is 4.74 Å². The predicted octanol–water partition coefficient (Wildman–Crippen LogP) is 0.623. The Labute approximate surface area is 146 Å². The fourth-order valence-electron chi connectivity index (χ4n) is 2.98. The second kappa shape index (κ2) is 7.45. The molecule has 0 spiro atoms. The number of nitrogens with zero attached hydrogens (tertiary/aromatic N) is 7. The summed E-state index contributed by atoms with van der Waals surface area (Å²) in [7, 11) is 1.58. The third-order valence-corrected chi connectivity index (χ3v) is 4.31. The Morgan fingerprint density at radius 3 is 2.60 bits per heavy atom. The number of piperazine rings is 1. The van der Waals surface area contributed by atoms with E-state index in [1.807, 2.05) is 18.7 Å². The Kier molecular flexibility index (Phi) is 5.11. The number of amides is 1. The van der Waals surface area contributed by atoms with Gasteiger partial charge in [0.05, 0.1) is 7.11 Å². The van der Waals surface area contributed by atoms with E-state index in [0.29, 0.717) is 38.0 Å². The van der Waals surface area contributed by atoms with Gasteiger partial charge in [-0.15, -0.1) is 0 Å². The van der Waals surface area contributed by atoms with Crippen molar-refractivity contribution >= 4 is 11.9 Å². The SMILES string of the molecule is COc1ccnc(N2CCN(C(=O)C(C(C)C)n3cncn3)CC2)n1. The minimum atomic E-state index is -0.331. The zero-order valence-electron chi connectivity index (χ0n) is 14.7. The normalized spacial score (nSPS) is 16.2. The van der Waals surface area contributed by atoms with Crippen LogP contribution in [0.5, 0.6) is 5.88 Å². The number of rotatable bonds is 5. The zero-order valence-corrected chi connectivity index (χ0v) is 14.7. The highest BCUT2D eigenvalue weighted by Crippen LogP contribution is 2.21. The molecule has 0 aliphatic carbocycles. The number of carbonyl (C=O) groups is 1. The van der Waals surface area contributed by atoms with Crippen LogP contribution in [0.4, 0.5) is 5.95 Å². The highest BCUT2D eigenvalue weighted by atomic mass is 16.5. The van der Waals surface area contributed by atoms with Crippen molar-refractivity contribution in [1.29, 1.82) is 0 Å². The molecule has 1 atom stereocenters. The summed E-state index contributed by atoms with van der Waals surface area (Å²) in [6.45, 7) is 6.64. The average Bonchev–Trinajstić information content (AvgIpc) is 3.15. The molecule has 0 N–H and O–H groups in total. The summed E-state index contributed by atoms with van der Waals surface area (Å²) in [5, 5.41) is 4.15. The Morgan fingerprint density at radius 2 is 2.00 bits per heavy atom. The van der Waals surface area contributed by atoms with Gasteiger partial charge in [-0.3, -0.25) is 4.79 Å². The van der Waals surface area contributed by atoms with Gasteiger partial charge in [-0.1, -0.05) is 13.8 Å². The molecule has 1 unspecified atom stereocenters. The molecular formula is C16H23N7O2. The lowest BCUT2D eigenvalue weighted by Gasteiger charge is -2.37. The van der Waals surface area contributed by atoms with E-state index < -0.39 is 0 Å². The van der Waals surface area contributed by atoms with Crippen molar-refractivity contribution in [3.63, 3.8) is 0 Å². The molecule has 0 aromatic carbocycles. The molecular weight excluding hydrogens is 322 g/mol. The van der Waals surface area contributed by atoms with E-state index in [-0.39, 0.29) is 17.9 Å². The summed E-state index contributed by atoms with van der Waals surface area (Å²) in [5.74, 6) is 1.37. The Balaban J connectivity index is 1.66. The highest BCUT2D eigenvalue weighted by Gasteiger charge is 2.31. The van der Waals surface area contributed by atoms with E-state index in [9.17, 15) is 4.79 Å². The first-order valence-electron chi connectivity index (χ1n) is 8.35. The first-order valence-corrected chi connectivity index (χ1v) is 8.35. The van der Waals surface area contributed by atoms with Crippen molar-refractivity contribution in [1.82, 2.24) is 29.6 Å². The molecule has 1 amide bonds. The summed E-state index contributed by atoms with van der Waals surface area (Å²) in [6, 6.07) is 1.39. The predicted molar refractivity (Wildman–Crippen MR) is 91.3 cm³/mol. The number of hydrogen-bond acceptors (Lipinski definition) is 7. The fourth-order valence-corrected chi connectivity index (χ4v) is 2.98. The van der Waals surface area contributed by atoms with Crippen LogP contribution in [0.15, 0.2) is 24.9 Å². The van der Waals surface area contributed by atoms with Crippen molar-refractivity contribution in [2.75, 3.05) is 38.2 Å². The van der Waals surface area contributed by atoms with Gasteiger partial charge < -0.3 is 14.5 Å². The Hall–Kier alpha value is -2.71. The molecule has 1 aliphatic heterocycles. The molecule has 3 rings (SSSR count). The van der Waals surface area contributed by atoms with Gasteiger partial charge in [0.2, 0.25) is 17.7 Å². The number of aromatic nitrogens is 5. The van der Waals surface area contributed by atoms with Crippen LogP contribution in [0.3, 0.4) is 0 Å². The molecule has 3 heterocycles. The maximum Gasteiger partial charge on any atom is 0.247 e. The minimum absolute atomic E-state index is 0.0757. The van der Waals surface area contributed by atoms with E-state index in [0.717, 1.165) is 0 Å². The maximum absolute atomic E-state index is 12.9. The van der Waals surface area contributed by atoms with Crippen LogP contribution in [0.25, 0.3) is 0 Å². The molecule has 1 saturated heterocycles. The van der Waals surface area contributed by atoms with Gasteiger partial charge in [0.25, 0.3) is 0 Å². The maximum atomic E-state index is 12.9. The highest BCUT2D eigenvalue weighted by molar-refractivity contribution is 5.80. The average molecular weight is 345 g/mol. The summed E-state index contributed by atoms with van der Waals surface area (Å²) in [4.78, 5) is 29.5. The lowest BCUT2D eigenvalue weighted by molar-refractivity contribution is -0.136. The van der Waals surface area contributed by atoms with Crippen LogP contribution in [-0.4, -0.2) is 68.8 Å². The van der Waals surface area contributed by atoms with E-state index in [2.05, 4.69) is 25.0 Å². The van der Waals surface area contributed by atoms with Gasteiger partial charge in [-0.25, -0.2) is 14.6 Å². The molecule has 9 nitrogen and oxygen atoms in total. The Morgan fingerprint density at radius 1 is 1.24 bits per heavy atom. The zero-order chi connectivity index (χ0) is 17.8. The largest absolute Gasteiger partial charge is 0.481 e. The summed E-state index contributed by atoms with van der Waals surface area (Å²) < 4.78 is 6.79. The Bertz CT molecular complexity index is 696. The number of hydrogen-bond donors (Lipinski definition) is 0. The number of ether oxygens (including phenoxy) is 1. The van der Waals surface area contributed by atoms with Crippen LogP contribution in [0, 0.1) is 5.92 Å². The van der Waals surface area contributed by atoms with Gasteiger partial charge in [0.15, 0.2) is 0 Å². The van der Waals surface area contributed by atoms with Crippen molar-refractivity contribution < 1.29 is 9.53 Å². The topological polar surface area (TPSA) is 89.3 Å². The van der Waals surface area contributed by atoms with Crippen LogP contribution < -0.4 is 9.64 Å². The lowest BCUT2D eigenvalue weighted by atomic mass is 10.0. The second-order valence-electron chi connectivity index (χ2n) is 6.28. The van der Waals surface area contributed by atoms with Crippen LogP contribution in [0.1, 0.15) is 19.9 Å². The molecule has 1 aliphatic rings. The van der Waals surface area contributed by atoms with Crippen LogP contribution >= 0.6 is 0 Å². The molecule has 0 radical (unpaired) electrons.